The number of Topliss-reactive ketones (excluding diaryl/α,β-unsaturated/α-hetero) is 1. The molecule has 0 radical (unpaired) electrons. The van der Waals surface area contributed by atoms with Crippen molar-refractivity contribution in [2.45, 2.75) is 96.8 Å². The number of alkyl halides is 3. The fourth-order valence-corrected chi connectivity index (χ4v) is 6.12. The highest BCUT2D eigenvalue weighted by Crippen LogP contribution is 2.34. The molecule has 0 aliphatic carbocycles. The SMILES string of the molecule is CC(C)(C)OC(=O)CCCC1CCN(c2cc(N3CCC[C@@H](C(=O)CCCc4ccc(C#N)cc4)C3)nc(C(F)(F)F)n2)CC1. The van der Waals surface area contributed by atoms with Crippen LogP contribution in [0.4, 0.5) is 24.8 Å². The van der Waals surface area contributed by atoms with Crippen LogP contribution in [0.2, 0.25) is 0 Å². The van der Waals surface area contributed by atoms with Crippen molar-refractivity contribution in [3.05, 3.63) is 47.3 Å². The summed E-state index contributed by atoms with van der Waals surface area (Å²) in [6.07, 6.45) is 2.06. The van der Waals surface area contributed by atoms with Crippen molar-refractivity contribution in [1.29, 1.82) is 5.26 Å². The maximum Gasteiger partial charge on any atom is 0.451 e. The minimum Gasteiger partial charge on any atom is -0.460 e. The molecule has 2 aliphatic rings. The number of ether oxygens (including phenoxy) is 1. The van der Waals surface area contributed by atoms with Crippen LogP contribution >= 0.6 is 0 Å². The average Bonchev–Trinajstić information content (AvgIpc) is 3.00. The topological polar surface area (TPSA) is 99.4 Å². The number of esters is 1. The second-order valence-electron chi connectivity index (χ2n) is 13.2. The number of halogens is 3. The molecule has 0 unspecified atom stereocenters. The van der Waals surface area contributed by atoms with Crippen molar-refractivity contribution in [2.24, 2.45) is 11.8 Å². The summed E-state index contributed by atoms with van der Waals surface area (Å²) in [5.74, 6) is -0.658. The lowest BCUT2D eigenvalue weighted by molar-refractivity contribution is -0.155. The predicted octanol–water partition coefficient (Wildman–Crippen LogP) is 6.90. The van der Waals surface area contributed by atoms with Gasteiger partial charge in [0.1, 0.15) is 23.0 Å². The summed E-state index contributed by atoms with van der Waals surface area (Å²) < 4.78 is 47.1. The number of aromatic nitrogens is 2. The van der Waals surface area contributed by atoms with Crippen LogP contribution in [0, 0.1) is 23.2 Å². The van der Waals surface area contributed by atoms with Gasteiger partial charge in [0.15, 0.2) is 0 Å². The molecule has 0 bridgehead atoms. The summed E-state index contributed by atoms with van der Waals surface area (Å²) in [4.78, 5) is 36.6. The van der Waals surface area contributed by atoms with Crippen LogP contribution < -0.4 is 9.80 Å². The number of nitrogens with zero attached hydrogens (tertiary/aromatic N) is 5. The van der Waals surface area contributed by atoms with Gasteiger partial charge in [0, 0.05) is 51.0 Å². The highest BCUT2D eigenvalue weighted by Gasteiger charge is 2.37. The van der Waals surface area contributed by atoms with E-state index in [2.05, 4.69) is 16.0 Å². The van der Waals surface area contributed by atoms with Crippen molar-refractivity contribution in [3.63, 3.8) is 0 Å². The summed E-state index contributed by atoms with van der Waals surface area (Å²) >= 11 is 0. The summed E-state index contributed by atoms with van der Waals surface area (Å²) in [6.45, 7) is 7.54. The van der Waals surface area contributed by atoms with Gasteiger partial charge in [-0.05, 0) is 95.8 Å². The number of nitriles is 1. The van der Waals surface area contributed by atoms with E-state index < -0.39 is 17.6 Å². The van der Waals surface area contributed by atoms with E-state index >= 15 is 0 Å². The standard InChI is InChI=1S/C34H44F3N5O3/c1-33(2,3)45-31(44)11-5-8-25-16-19-41(20-17-25)29-21-30(40-32(39-29)34(35,36)37)42-18-6-9-27(23-42)28(43)10-4-7-24-12-14-26(22-38)15-13-24/h12-15,21,25,27H,4-11,16-20,23H2,1-3H3/t27-/m1/s1. The maximum absolute atomic E-state index is 13.9. The molecule has 1 aromatic carbocycles. The van der Waals surface area contributed by atoms with Crippen molar-refractivity contribution in [1.82, 2.24) is 9.97 Å². The molecule has 0 N–H and O–H groups in total. The molecule has 3 heterocycles. The molecule has 2 fully saturated rings. The minimum atomic E-state index is -4.69. The Morgan fingerprint density at radius 2 is 1.62 bits per heavy atom. The van der Waals surface area contributed by atoms with Gasteiger partial charge in [-0.15, -0.1) is 0 Å². The molecule has 11 heteroatoms. The summed E-state index contributed by atoms with van der Waals surface area (Å²) in [5, 5.41) is 8.96. The number of piperidine rings is 2. The molecule has 0 spiro atoms. The number of carbonyl (C=O) groups is 2. The van der Waals surface area contributed by atoms with Crippen LogP contribution in [0.3, 0.4) is 0 Å². The number of benzene rings is 1. The zero-order valence-corrected chi connectivity index (χ0v) is 26.5. The first-order chi connectivity index (χ1) is 21.3. The molecule has 8 nitrogen and oxygen atoms in total. The lowest BCUT2D eigenvalue weighted by Gasteiger charge is -2.35. The molecular formula is C34H44F3N5O3. The Bertz CT molecular complexity index is 1340. The summed E-state index contributed by atoms with van der Waals surface area (Å²) in [6, 6.07) is 11.0. The largest absolute Gasteiger partial charge is 0.460 e. The molecule has 2 saturated heterocycles. The Balaban J connectivity index is 1.34. The van der Waals surface area contributed by atoms with Crippen molar-refractivity contribution < 1.29 is 27.5 Å². The van der Waals surface area contributed by atoms with Gasteiger partial charge in [0.05, 0.1) is 11.6 Å². The van der Waals surface area contributed by atoms with Gasteiger partial charge in [0.2, 0.25) is 5.82 Å². The van der Waals surface area contributed by atoms with E-state index in [4.69, 9.17) is 10.00 Å². The average molecular weight is 628 g/mol. The molecule has 45 heavy (non-hydrogen) atoms. The van der Waals surface area contributed by atoms with Crippen LogP contribution in [0.15, 0.2) is 30.3 Å². The van der Waals surface area contributed by atoms with E-state index in [1.807, 2.05) is 37.8 Å². The summed E-state index contributed by atoms with van der Waals surface area (Å²) in [5.41, 5.74) is 1.15. The van der Waals surface area contributed by atoms with E-state index in [1.165, 1.54) is 0 Å². The third-order valence-electron chi connectivity index (χ3n) is 8.48. The van der Waals surface area contributed by atoms with Crippen molar-refractivity contribution >= 4 is 23.4 Å². The normalized spacial score (nSPS) is 18.0. The van der Waals surface area contributed by atoms with Gasteiger partial charge in [0.25, 0.3) is 0 Å². The van der Waals surface area contributed by atoms with E-state index in [0.717, 1.165) is 37.7 Å². The monoisotopic (exact) mass is 627 g/mol. The minimum absolute atomic E-state index is 0.118. The third kappa shape index (κ3) is 10.4. The molecule has 0 saturated carbocycles. The van der Waals surface area contributed by atoms with E-state index in [9.17, 15) is 22.8 Å². The Kier molecular flexibility index (Phi) is 11.5. The number of anilines is 2. The lowest BCUT2D eigenvalue weighted by Crippen LogP contribution is -2.40. The first kappa shape index (κ1) is 34.2. The molecule has 244 valence electrons. The third-order valence-corrected chi connectivity index (χ3v) is 8.48. The maximum atomic E-state index is 13.9. The number of hydrogen-bond acceptors (Lipinski definition) is 8. The highest BCUT2D eigenvalue weighted by atomic mass is 19.4. The number of rotatable bonds is 11. The van der Waals surface area contributed by atoms with Gasteiger partial charge < -0.3 is 14.5 Å². The molecule has 0 amide bonds. The van der Waals surface area contributed by atoms with Gasteiger partial charge in [-0.25, -0.2) is 9.97 Å². The quantitative estimate of drug-likeness (QED) is 0.248. The number of aryl methyl sites for hydroxylation is 1. The van der Waals surface area contributed by atoms with E-state index in [-0.39, 0.29) is 29.3 Å². The molecule has 2 aliphatic heterocycles. The number of carbonyl (C=O) groups excluding carboxylic acids is 2. The van der Waals surface area contributed by atoms with Gasteiger partial charge in [-0.2, -0.15) is 18.4 Å². The van der Waals surface area contributed by atoms with E-state index in [1.54, 1.807) is 23.1 Å². The molecular weight excluding hydrogens is 583 g/mol. The van der Waals surface area contributed by atoms with Crippen molar-refractivity contribution in [2.75, 3.05) is 36.0 Å². The van der Waals surface area contributed by atoms with Crippen LogP contribution in [0.25, 0.3) is 0 Å². The Morgan fingerprint density at radius 1 is 0.956 bits per heavy atom. The summed E-state index contributed by atoms with van der Waals surface area (Å²) in [7, 11) is 0. The van der Waals surface area contributed by atoms with Gasteiger partial charge in [-0.3, -0.25) is 9.59 Å². The molecule has 1 atom stereocenters. The fourth-order valence-electron chi connectivity index (χ4n) is 6.12. The first-order valence-corrected chi connectivity index (χ1v) is 16.0. The van der Waals surface area contributed by atoms with Crippen LogP contribution in [-0.4, -0.2) is 53.5 Å². The number of hydrogen-bond donors (Lipinski definition) is 0. The Hall–Kier alpha value is -3.68. The lowest BCUT2D eigenvalue weighted by atomic mass is 9.90. The molecule has 4 rings (SSSR count). The number of ketones is 1. The zero-order chi connectivity index (χ0) is 32.6. The zero-order valence-electron chi connectivity index (χ0n) is 26.5. The first-order valence-electron chi connectivity index (χ1n) is 16.0. The predicted molar refractivity (Wildman–Crippen MR) is 166 cm³/mol. The van der Waals surface area contributed by atoms with Gasteiger partial charge >= 0.3 is 12.1 Å². The smallest absolute Gasteiger partial charge is 0.451 e. The molecule has 1 aromatic heterocycles. The highest BCUT2D eigenvalue weighted by molar-refractivity contribution is 5.81. The Morgan fingerprint density at radius 3 is 2.24 bits per heavy atom. The second-order valence-corrected chi connectivity index (χ2v) is 13.2. The second kappa shape index (κ2) is 15.1. The van der Waals surface area contributed by atoms with E-state index in [0.29, 0.717) is 69.8 Å². The fraction of sp³-hybridized carbons (Fsp3) is 0.618. The van der Waals surface area contributed by atoms with Crippen LogP contribution in [0.5, 0.6) is 0 Å². The Labute approximate surface area is 264 Å². The van der Waals surface area contributed by atoms with Crippen molar-refractivity contribution in [3.8, 4) is 6.07 Å². The van der Waals surface area contributed by atoms with Gasteiger partial charge in [-0.1, -0.05) is 12.1 Å². The molecule has 2 aromatic rings. The van der Waals surface area contributed by atoms with Crippen LogP contribution in [0.1, 0.15) is 95.5 Å². The van der Waals surface area contributed by atoms with Crippen LogP contribution in [-0.2, 0) is 26.9 Å².